The number of ether oxygens (including phenoxy) is 2. The van der Waals surface area contributed by atoms with Gasteiger partial charge in [-0.3, -0.25) is 4.79 Å². The van der Waals surface area contributed by atoms with E-state index in [1.807, 2.05) is 23.6 Å². The first kappa shape index (κ1) is 17.9. The van der Waals surface area contributed by atoms with Crippen molar-refractivity contribution < 1.29 is 14.3 Å². The van der Waals surface area contributed by atoms with E-state index < -0.39 is 0 Å². The summed E-state index contributed by atoms with van der Waals surface area (Å²) in [5.41, 5.74) is 7.63. The van der Waals surface area contributed by atoms with Gasteiger partial charge in [-0.2, -0.15) is 0 Å². The molecule has 0 saturated heterocycles. The molecule has 2 unspecified atom stereocenters. The van der Waals surface area contributed by atoms with E-state index in [9.17, 15) is 4.79 Å². The number of benzene rings is 1. The van der Waals surface area contributed by atoms with Gasteiger partial charge < -0.3 is 20.5 Å². The van der Waals surface area contributed by atoms with Crippen LogP contribution in [0.5, 0.6) is 11.5 Å². The average molecular weight is 400 g/mol. The van der Waals surface area contributed by atoms with Crippen LogP contribution in [0.1, 0.15) is 42.6 Å². The minimum atomic E-state index is -0.0718. The molecular formula is C21H25N3O3S. The van der Waals surface area contributed by atoms with Gasteiger partial charge in [-0.1, -0.05) is 6.42 Å². The van der Waals surface area contributed by atoms with Gasteiger partial charge in [0.1, 0.15) is 23.9 Å². The van der Waals surface area contributed by atoms with E-state index in [2.05, 4.69) is 10.3 Å². The molecule has 2 heterocycles. The van der Waals surface area contributed by atoms with Gasteiger partial charge in [-0.15, -0.1) is 11.3 Å². The van der Waals surface area contributed by atoms with Crippen molar-refractivity contribution in [3.8, 4) is 22.1 Å². The lowest BCUT2D eigenvalue weighted by atomic mass is 9.67. The third kappa shape index (κ3) is 3.37. The number of nitrogens with zero attached hydrogens (tertiary/aromatic N) is 1. The number of rotatable bonds is 3. The standard InChI is InChI=1S/C21H25N3O3S/c22-15-8-12-2-1-3-13(9-15)19(12)24-20(25)16-11-28-21(23-16)14-4-5-17-18(10-14)27-7-6-26-17/h4-5,10-13,15,19H,1-3,6-9,22H2,(H,24,25). The predicted molar refractivity (Wildman–Crippen MR) is 108 cm³/mol. The lowest BCUT2D eigenvalue weighted by molar-refractivity contribution is 0.0752. The topological polar surface area (TPSA) is 86.5 Å². The largest absolute Gasteiger partial charge is 0.486 e. The normalized spacial score (nSPS) is 28.6. The maximum atomic E-state index is 12.9. The number of carbonyl (C=O) groups excluding carboxylic acids is 1. The molecule has 2 fully saturated rings. The van der Waals surface area contributed by atoms with Crippen LogP contribution in [0, 0.1) is 11.8 Å². The van der Waals surface area contributed by atoms with Crippen molar-refractivity contribution >= 4 is 17.2 Å². The van der Waals surface area contributed by atoms with Gasteiger partial charge in [0.2, 0.25) is 0 Å². The first-order valence-electron chi connectivity index (χ1n) is 10.1. The zero-order chi connectivity index (χ0) is 19.1. The average Bonchev–Trinajstić information content (AvgIpc) is 3.19. The summed E-state index contributed by atoms with van der Waals surface area (Å²) < 4.78 is 11.2. The highest BCUT2D eigenvalue weighted by Crippen LogP contribution is 2.40. The number of aromatic nitrogens is 1. The fourth-order valence-electron chi connectivity index (χ4n) is 4.94. The SMILES string of the molecule is NC1CC2CCCC(C1)C2NC(=O)c1csc(-c2ccc3c(c2)OCCO3)n1. The zero-order valence-corrected chi connectivity index (χ0v) is 16.5. The summed E-state index contributed by atoms with van der Waals surface area (Å²) in [5, 5.41) is 5.93. The number of nitrogens with one attached hydrogen (secondary N) is 1. The lowest BCUT2D eigenvalue weighted by Crippen LogP contribution is -2.53. The van der Waals surface area contributed by atoms with Crippen LogP contribution in [-0.4, -0.2) is 36.2 Å². The summed E-state index contributed by atoms with van der Waals surface area (Å²) in [5.74, 6) is 2.42. The zero-order valence-electron chi connectivity index (χ0n) is 15.7. The molecule has 1 aliphatic heterocycles. The number of carbonyl (C=O) groups is 1. The van der Waals surface area contributed by atoms with E-state index in [1.165, 1.54) is 17.8 Å². The van der Waals surface area contributed by atoms with Crippen molar-refractivity contribution in [2.75, 3.05) is 13.2 Å². The van der Waals surface area contributed by atoms with Gasteiger partial charge in [0, 0.05) is 23.0 Å². The van der Waals surface area contributed by atoms with Crippen LogP contribution in [0.2, 0.25) is 0 Å². The van der Waals surface area contributed by atoms with E-state index in [1.54, 1.807) is 0 Å². The summed E-state index contributed by atoms with van der Waals surface area (Å²) >= 11 is 1.48. The van der Waals surface area contributed by atoms with Crippen molar-refractivity contribution in [2.45, 2.75) is 44.2 Å². The van der Waals surface area contributed by atoms with Gasteiger partial charge in [-0.25, -0.2) is 4.98 Å². The van der Waals surface area contributed by atoms with E-state index in [0.29, 0.717) is 30.7 Å². The van der Waals surface area contributed by atoms with E-state index >= 15 is 0 Å². The van der Waals surface area contributed by atoms with Crippen molar-refractivity contribution in [1.29, 1.82) is 0 Å². The number of nitrogens with two attached hydrogens (primary N) is 1. The van der Waals surface area contributed by atoms with Crippen LogP contribution < -0.4 is 20.5 Å². The second-order valence-corrected chi connectivity index (χ2v) is 8.94. The summed E-state index contributed by atoms with van der Waals surface area (Å²) in [7, 11) is 0. The molecule has 1 aromatic carbocycles. The lowest BCUT2D eigenvalue weighted by Gasteiger charge is -2.45. The Morgan fingerprint density at radius 1 is 1.14 bits per heavy atom. The molecule has 6 nitrogen and oxygen atoms in total. The maximum absolute atomic E-state index is 12.9. The Bertz CT molecular complexity index is 870. The number of hydrogen-bond acceptors (Lipinski definition) is 6. The van der Waals surface area contributed by atoms with Crippen molar-refractivity contribution in [1.82, 2.24) is 10.3 Å². The van der Waals surface area contributed by atoms with E-state index in [-0.39, 0.29) is 18.0 Å². The molecule has 7 heteroatoms. The summed E-state index contributed by atoms with van der Waals surface area (Å²) in [6.45, 7) is 1.12. The van der Waals surface area contributed by atoms with E-state index in [4.69, 9.17) is 15.2 Å². The molecule has 28 heavy (non-hydrogen) atoms. The molecular weight excluding hydrogens is 374 g/mol. The second kappa shape index (κ2) is 7.37. The molecule has 0 radical (unpaired) electrons. The molecule has 2 aliphatic carbocycles. The van der Waals surface area contributed by atoms with E-state index in [0.717, 1.165) is 47.8 Å². The Morgan fingerprint density at radius 2 is 1.89 bits per heavy atom. The Balaban J connectivity index is 1.31. The van der Waals surface area contributed by atoms with Crippen LogP contribution in [-0.2, 0) is 0 Å². The van der Waals surface area contributed by atoms with Gasteiger partial charge in [0.25, 0.3) is 5.91 Å². The summed E-state index contributed by atoms with van der Waals surface area (Å²) in [4.78, 5) is 17.4. The molecule has 2 aromatic rings. The Kier molecular flexibility index (Phi) is 4.72. The molecule has 148 valence electrons. The van der Waals surface area contributed by atoms with Crippen molar-refractivity contribution in [2.24, 2.45) is 17.6 Å². The smallest absolute Gasteiger partial charge is 0.271 e. The van der Waals surface area contributed by atoms with Gasteiger partial charge in [0.05, 0.1) is 0 Å². The summed E-state index contributed by atoms with van der Waals surface area (Å²) in [6.07, 6.45) is 5.60. The Morgan fingerprint density at radius 3 is 2.68 bits per heavy atom. The van der Waals surface area contributed by atoms with Crippen molar-refractivity contribution in [3.05, 3.63) is 29.3 Å². The van der Waals surface area contributed by atoms with Crippen LogP contribution in [0.15, 0.2) is 23.6 Å². The maximum Gasteiger partial charge on any atom is 0.271 e. The molecule has 0 spiro atoms. The highest BCUT2D eigenvalue weighted by atomic mass is 32.1. The first-order chi connectivity index (χ1) is 13.7. The minimum Gasteiger partial charge on any atom is -0.486 e. The molecule has 2 atom stereocenters. The number of fused-ring (bicyclic) bond motifs is 3. The Hall–Kier alpha value is -2.12. The van der Waals surface area contributed by atoms with Crippen LogP contribution in [0.4, 0.5) is 0 Å². The quantitative estimate of drug-likeness (QED) is 0.828. The highest BCUT2D eigenvalue weighted by Gasteiger charge is 2.40. The second-order valence-electron chi connectivity index (χ2n) is 8.08. The number of hydrogen-bond donors (Lipinski definition) is 2. The fourth-order valence-corrected chi connectivity index (χ4v) is 5.73. The molecule has 1 aromatic heterocycles. The summed E-state index contributed by atoms with van der Waals surface area (Å²) in [6, 6.07) is 6.31. The third-order valence-corrected chi connectivity index (χ3v) is 7.09. The van der Waals surface area contributed by atoms with Crippen LogP contribution >= 0.6 is 11.3 Å². The fraction of sp³-hybridized carbons (Fsp3) is 0.524. The number of thiazole rings is 1. The minimum absolute atomic E-state index is 0.0718. The predicted octanol–water partition coefficient (Wildman–Crippen LogP) is 3.22. The molecule has 3 N–H and O–H groups in total. The van der Waals surface area contributed by atoms with Crippen LogP contribution in [0.3, 0.4) is 0 Å². The molecule has 1 amide bonds. The van der Waals surface area contributed by atoms with Gasteiger partial charge in [0.15, 0.2) is 11.5 Å². The first-order valence-corrected chi connectivity index (χ1v) is 11.0. The number of amides is 1. The Labute approximate surface area is 168 Å². The van der Waals surface area contributed by atoms with Gasteiger partial charge in [-0.05, 0) is 55.7 Å². The molecule has 3 aliphatic rings. The third-order valence-electron chi connectivity index (χ3n) is 6.20. The monoisotopic (exact) mass is 399 g/mol. The van der Waals surface area contributed by atoms with Crippen LogP contribution in [0.25, 0.3) is 10.6 Å². The molecule has 2 bridgehead atoms. The van der Waals surface area contributed by atoms with Gasteiger partial charge >= 0.3 is 0 Å². The molecule has 2 saturated carbocycles. The molecule has 5 rings (SSSR count). The highest BCUT2D eigenvalue weighted by molar-refractivity contribution is 7.13. The van der Waals surface area contributed by atoms with Crippen molar-refractivity contribution in [3.63, 3.8) is 0 Å².